The van der Waals surface area contributed by atoms with E-state index in [9.17, 15) is 19.2 Å². The molecular formula is C25H37N3O6S. The number of nitrogens with zero attached hydrogens (tertiary/aromatic N) is 2. The maximum Gasteiger partial charge on any atom is 0.408 e. The minimum absolute atomic E-state index is 0.208. The van der Waals surface area contributed by atoms with Crippen LogP contribution in [0.2, 0.25) is 0 Å². The van der Waals surface area contributed by atoms with Crippen LogP contribution in [0.5, 0.6) is 0 Å². The number of carbonyl (C=O) groups is 4. The average molecular weight is 508 g/mol. The Morgan fingerprint density at radius 3 is 2.46 bits per heavy atom. The van der Waals surface area contributed by atoms with Crippen LogP contribution in [-0.4, -0.2) is 89.6 Å². The Morgan fingerprint density at radius 2 is 1.86 bits per heavy atom. The van der Waals surface area contributed by atoms with Gasteiger partial charge in [-0.25, -0.2) is 9.59 Å². The lowest BCUT2D eigenvalue weighted by Crippen LogP contribution is -2.64. The van der Waals surface area contributed by atoms with Gasteiger partial charge < -0.3 is 24.6 Å². The van der Waals surface area contributed by atoms with Gasteiger partial charge in [0.1, 0.15) is 24.2 Å². The van der Waals surface area contributed by atoms with Gasteiger partial charge in [-0.2, -0.15) is 11.8 Å². The SMILES string of the molecule is CCOC(=O)[C@H](CCSC)N1CCN(C(=O)CNC(=O)OC(C)(C)C)[C@H](Cc2ccccc2)C1=O. The van der Waals surface area contributed by atoms with Crippen LogP contribution in [0.4, 0.5) is 4.79 Å². The predicted octanol–water partition coefficient (Wildman–Crippen LogP) is 2.48. The molecule has 10 heteroatoms. The van der Waals surface area contributed by atoms with Crippen molar-refractivity contribution in [3.63, 3.8) is 0 Å². The van der Waals surface area contributed by atoms with Crippen molar-refractivity contribution in [1.29, 1.82) is 0 Å². The van der Waals surface area contributed by atoms with Crippen LogP contribution in [0.3, 0.4) is 0 Å². The summed E-state index contributed by atoms with van der Waals surface area (Å²) in [5, 5.41) is 2.48. The molecule has 3 amide bonds. The Hall–Kier alpha value is -2.75. The van der Waals surface area contributed by atoms with E-state index >= 15 is 0 Å². The summed E-state index contributed by atoms with van der Waals surface area (Å²) >= 11 is 1.59. The second-order valence-corrected chi connectivity index (χ2v) is 10.2. The van der Waals surface area contributed by atoms with E-state index in [0.29, 0.717) is 18.6 Å². The Bertz CT molecular complexity index is 874. The predicted molar refractivity (Wildman–Crippen MR) is 135 cm³/mol. The number of ether oxygens (including phenoxy) is 2. The smallest absolute Gasteiger partial charge is 0.408 e. The first-order chi connectivity index (χ1) is 16.6. The van der Waals surface area contributed by atoms with Crippen LogP contribution < -0.4 is 5.32 Å². The summed E-state index contributed by atoms with van der Waals surface area (Å²) in [6, 6.07) is 7.91. The van der Waals surface area contributed by atoms with Crippen LogP contribution in [-0.2, 0) is 30.3 Å². The number of carbonyl (C=O) groups excluding carboxylic acids is 4. The van der Waals surface area contributed by atoms with Crippen LogP contribution >= 0.6 is 11.8 Å². The summed E-state index contributed by atoms with van der Waals surface area (Å²) < 4.78 is 10.5. The molecule has 9 nitrogen and oxygen atoms in total. The maximum atomic E-state index is 13.7. The van der Waals surface area contributed by atoms with Gasteiger partial charge in [0.15, 0.2) is 0 Å². The highest BCUT2D eigenvalue weighted by molar-refractivity contribution is 7.98. The van der Waals surface area contributed by atoms with Gasteiger partial charge in [0.25, 0.3) is 0 Å². The Balaban J connectivity index is 2.23. The molecule has 1 N–H and O–H groups in total. The number of rotatable bonds is 10. The summed E-state index contributed by atoms with van der Waals surface area (Å²) in [4.78, 5) is 54.5. The van der Waals surface area contributed by atoms with Crippen molar-refractivity contribution >= 4 is 35.6 Å². The normalized spacial score (nSPS) is 17.1. The molecule has 0 saturated carbocycles. The average Bonchev–Trinajstić information content (AvgIpc) is 2.79. The fourth-order valence-corrected chi connectivity index (χ4v) is 4.34. The maximum absolute atomic E-state index is 13.7. The molecule has 0 aliphatic carbocycles. The van der Waals surface area contributed by atoms with Crippen LogP contribution in [0, 0.1) is 0 Å². The molecule has 0 unspecified atom stereocenters. The van der Waals surface area contributed by atoms with Gasteiger partial charge in [-0.15, -0.1) is 0 Å². The summed E-state index contributed by atoms with van der Waals surface area (Å²) in [5.41, 5.74) is 0.200. The molecule has 1 aromatic rings. The van der Waals surface area contributed by atoms with Crippen molar-refractivity contribution in [1.82, 2.24) is 15.1 Å². The molecule has 35 heavy (non-hydrogen) atoms. The molecule has 2 rings (SSSR count). The molecule has 1 saturated heterocycles. The Labute approximate surface area is 211 Å². The van der Waals surface area contributed by atoms with Gasteiger partial charge in [0.2, 0.25) is 11.8 Å². The second-order valence-electron chi connectivity index (χ2n) is 9.23. The lowest BCUT2D eigenvalue weighted by molar-refractivity contribution is -0.162. The molecule has 1 aromatic carbocycles. The van der Waals surface area contributed by atoms with Gasteiger partial charge in [-0.1, -0.05) is 30.3 Å². The lowest BCUT2D eigenvalue weighted by Gasteiger charge is -2.43. The number of nitrogens with one attached hydrogen (secondary N) is 1. The van der Waals surface area contributed by atoms with Crippen molar-refractivity contribution in [2.75, 3.05) is 38.2 Å². The number of piperazine rings is 1. The second kappa shape index (κ2) is 13.4. The quantitative estimate of drug-likeness (QED) is 0.485. The number of hydrogen-bond donors (Lipinski definition) is 1. The molecule has 1 fully saturated rings. The summed E-state index contributed by atoms with van der Waals surface area (Å²) in [5.74, 6) is -0.426. The summed E-state index contributed by atoms with van der Waals surface area (Å²) in [6.45, 7) is 7.33. The Morgan fingerprint density at radius 1 is 1.17 bits per heavy atom. The van der Waals surface area contributed by atoms with E-state index in [2.05, 4.69) is 5.32 Å². The first-order valence-electron chi connectivity index (χ1n) is 11.8. The molecular weight excluding hydrogens is 470 g/mol. The van der Waals surface area contributed by atoms with Crippen LogP contribution in [0.15, 0.2) is 30.3 Å². The van der Waals surface area contributed by atoms with Crippen molar-refractivity contribution < 1.29 is 28.7 Å². The van der Waals surface area contributed by atoms with Crippen molar-refractivity contribution in [2.24, 2.45) is 0 Å². The molecule has 2 atom stereocenters. The van der Waals surface area contributed by atoms with Gasteiger partial charge in [-0.05, 0) is 51.7 Å². The zero-order chi connectivity index (χ0) is 26.0. The van der Waals surface area contributed by atoms with Crippen LogP contribution in [0.1, 0.15) is 39.7 Å². The molecule has 1 heterocycles. The first-order valence-corrected chi connectivity index (χ1v) is 13.2. The van der Waals surface area contributed by atoms with Gasteiger partial charge in [-0.3, -0.25) is 9.59 Å². The number of hydrogen-bond acceptors (Lipinski definition) is 7. The molecule has 0 spiro atoms. The molecule has 0 aromatic heterocycles. The van der Waals surface area contributed by atoms with Gasteiger partial charge >= 0.3 is 12.1 Å². The van der Waals surface area contributed by atoms with Gasteiger partial charge in [0, 0.05) is 19.5 Å². The molecule has 1 aliphatic heterocycles. The van der Waals surface area contributed by atoms with Crippen molar-refractivity contribution in [3.05, 3.63) is 35.9 Å². The van der Waals surface area contributed by atoms with E-state index in [1.54, 1.807) is 44.4 Å². The first kappa shape index (κ1) is 28.5. The third-order valence-electron chi connectivity index (χ3n) is 5.43. The number of esters is 1. The largest absolute Gasteiger partial charge is 0.464 e. The number of thioether (sulfide) groups is 1. The number of benzene rings is 1. The topological polar surface area (TPSA) is 105 Å². The van der Waals surface area contributed by atoms with Crippen LogP contribution in [0.25, 0.3) is 0 Å². The van der Waals surface area contributed by atoms with E-state index in [4.69, 9.17) is 9.47 Å². The number of alkyl carbamates (subject to hydrolysis) is 1. The van der Waals surface area contributed by atoms with Crippen molar-refractivity contribution in [2.45, 2.75) is 58.2 Å². The highest BCUT2D eigenvalue weighted by atomic mass is 32.2. The number of amides is 3. The van der Waals surface area contributed by atoms with E-state index in [-0.39, 0.29) is 38.1 Å². The van der Waals surface area contributed by atoms with Crippen molar-refractivity contribution in [3.8, 4) is 0 Å². The van der Waals surface area contributed by atoms with E-state index < -0.39 is 29.7 Å². The van der Waals surface area contributed by atoms with E-state index in [1.807, 2.05) is 36.6 Å². The van der Waals surface area contributed by atoms with E-state index in [1.165, 1.54) is 4.90 Å². The Kier molecular flexibility index (Phi) is 10.9. The molecule has 0 radical (unpaired) electrons. The third-order valence-corrected chi connectivity index (χ3v) is 6.08. The molecule has 0 bridgehead atoms. The summed E-state index contributed by atoms with van der Waals surface area (Å²) in [6.07, 6.45) is 2.01. The fourth-order valence-electron chi connectivity index (χ4n) is 3.88. The minimum Gasteiger partial charge on any atom is -0.464 e. The minimum atomic E-state index is -0.801. The zero-order valence-corrected chi connectivity index (χ0v) is 22.1. The highest BCUT2D eigenvalue weighted by Gasteiger charge is 2.42. The monoisotopic (exact) mass is 507 g/mol. The standard InChI is InChI=1S/C25H37N3O6S/c1-6-33-23(31)19(12-15-35-5)28-14-13-27(21(29)17-26-24(32)34-25(2,3)4)20(22(28)30)16-18-10-8-7-9-11-18/h7-11,19-20H,6,12-17H2,1-5H3,(H,26,32)/t19-,20+/m0/s1. The molecule has 194 valence electrons. The molecule has 1 aliphatic rings. The van der Waals surface area contributed by atoms with Gasteiger partial charge in [0.05, 0.1) is 6.61 Å². The summed E-state index contributed by atoms with van der Waals surface area (Å²) in [7, 11) is 0. The lowest BCUT2D eigenvalue weighted by atomic mass is 9.99. The third kappa shape index (κ3) is 8.76. The highest BCUT2D eigenvalue weighted by Crippen LogP contribution is 2.21. The fraction of sp³-hybridized carbons (Fsp3) is 0.600. The zero-order valence-electron chi connectivity index (χ0n) is 21.2. The van der Waals surface area contributed by atoms with E-state index in [0.717, 1.165) is 5.56 Å².